The van der Waals surface area contributed by atoms with Crippen LogP contribution in [0.5, 0.6) is 23.0 Å². The third kappa shape index (κ3) is 5.29. The van der Waals surface area contributed by atoms with Crippen molar-refractivity contribution < 1.29 is 28.8 Å². The molecule has 36 heavy (non-hydrogen) atoms. The first-order valence-electron chi connectivity index (χ1n) is 9.84. The largest absolute Gasteiger partial charge is 0.507 e. The van der Waals surface area contributed by atoms with E-state index in [-0.39, 0.29) is 25.9 Å². The molecule has 0 atom stereocenters. The lowest BCUT2D eigenvalue weighted by Gasteiger charge is -2.15. The van der Waals surface area contributed by atoms with Crippen molar-refractivity contribution in [2.75, 3.05) is 0 Å². The maximum Gasteiger partial charge on any atom is 0.213 e. The molecule has 0 fully saturated rings. The van der Waals surface area contributed by atoms with E-state index in [9.17, 15) is 28.8 Å². The number of benzene rings is 4. The highest BCUT2D eigenvalue weighted by Crippen LogP contribution is 2.47. The van der Waals surface area contributed by atoms with Crippen LogP contribution in [0.3, 0.4) is 0 Å². The van der Waals surface area contributed by atoms with Crippen molar-refractivity contribution in [3.8, 4) is 34.1 Å². The van der Waals surface area contributed by atoms with E-state index < -0.39 is 26.2 Å². The van der Waals surface area contributed by atoms with E-state index in [0.717, 1.165) is 11.8 Å². The molecule has 4 rings (SSSR count). The Morgan fingerprint density at radius 3 is 2.00 bits per heavy atom. The Morgan fingerprint density at radius 1 is 0.667 bits per heavy atom. The zero-order valence-corrected chi connectivity index (χ0v) is 24.0. The smallest absolute Gasteiger partial charge is 0.213 e. The van der Waals surface area contributed by atoms with Crippen molar-refractivity contribution >= 4 is 76.7 Å². The van der Waals surface area contributed by atoms with Crippen molar-refractivity contribution in [1.29, 1.82) is 0 Å². The molecule has 0 heterocycles. The Morgan fingerprint density at radius 2 is 1.28 bits per heavy atom. The first-order valence-corrected chi connectivity index (χ1v) is 14.5. The quantitative estimate of drug-likeness (QED) is 0.168. The highest BCUT2D eigenvalue weighted by atomic mass is 79.9. The maximum atomic E-state index is 13.2. The fraction of sp³-hybridized carbons (Fsp3) is 0. The maximum absolute atomic E-state index is 13.2. The topological polar surface area (TPSA) is 115 Å². The molecule has 0 saturated carbocycles. The number of phenolic OH excluding ortho intramolecular Hbond substituents is 4. The Kier molecular flexibility index (Phi) is 7.76. The van der Waals surface area contributed by atoms with Gasteiger partial charge in [-0.3, -0.25) is 0 Å². The minimum atomic E-state index is -4.29. The Balaban J connectivity index is 1.76. The van der Waals surface area contributed by atoms with Crippen LogP contribution in [0.15, 0.2) is 89.2 Å². The SMILES string of the molecule is O=S(=O)(c1cc(Br)ccc1O)c1cc(Br)c(-c2cc(O)c(Sc3cc(Cl)ccc3O)cc2Cl)cc1O. The van der Waals surface area contributed by atoms with Gasteiger partial charge in [-0.05, 0) is 60.7 Å². The van der Waals surface area contributed by atoms with Gasteiger partial charge in [-0.25, -0.2) is 8.42 Å². The van der Waals surface area contributed by atoms with Crippen LogP contribution in [0.1, 0.15) is 0 Å². The average molecular weight is 693 g/mol. The van der Waals surface area contributed by atoms with E-state index in [0.29, 0.717) is 30.4 Å². The van der Waals surface area contributed by atoms with Gasteiger partial charge in [-0.2, -0.15) is 0 Å². The minimum absolute atomic E-state index is 0.0232. The van der Waals surface area contributed by atoms with Crippen molar-refractivity contribution in [3.63, 3.8) is 0 Å². The third-order valence-corrected chi connectivity index (χ3v) is 9.63. The van der Waals surface area contributed by atoms with Crippen molar-refractivity contribution in [3.05, 3.63) is 79.7 Å². The summed E-state index contributed by atoms with van der Waals surface area (Å²) >= 11 is 20.0. The summed E-state index contributed by atoms with van der Waals surface area (Å²) in [7, 11) is -4.29. The highest BCUT2D eigenvalue weighted by Gasteiger charge is 2.27. The van der Waals surface area contributed by atoms with E-state index in [4.69, 9.17) is 23.2 Å². The fourth-order valence-corrected chi connectivity index (χ4v) is 7.50. The second kappa shape index (κ2) is 10.4. The van der Waals surface area contributed by atoms with E-state index in [2.05, 4.69) is 31.9 Å². The molecule has 0 unspecified atom stereocenters. The van der Waals surface area contributed by atoms with Gasteiger partial charge in [0.15, 0.2) is 0 Å². The van der Waals surface area contributed by atoms with Crippen LogP contribution in [0.4, 0.5) is 0 Å². The third-order valence-electron chi connectivity index (χ3n) is 5.03. The number of rotatable bonds is 5. The first kappa shape index (κ1) is 27.0. The lowest BCUT2D eigenvalue weighted by Crippen LogP contribution is -2.03. The standard InChI is InChI=1S/C24H14Br2Cl2O6S2/c25-11-1-3-18(30)23(5-11)36(33,34)24-9-15(26)13(7-20(24)32)14-8-19(31)22(10-16(14)28)35-21-6-12(27)2-4-17(21)29/h1-10,29-32H. The summed E-state index contributed by atoms with van der Waals surface area (Å²) in [4.78, 5) is -0.0691. The Bertz CT molecular complexity index is 1630. The Labute approximate surface area is 237 Å². The van der Waals surface area contributed by atoms with E-state index >= 15 is 0 Å². The molecule has 0 bridgehead atoms. The summed E-state index contributed by atoms with van der Waals surface area (Å²) < 4.78 is 27.0. The minimum Gasteiger partial charge on any atom is -0.507 e. The lowest BCUT2D eigenvalue weighted by molar-refractivity contribution is 0.452. The Hall–Kier alpha value is -2.08. The van der Waals surface area contributed by atoms with Crippen molar-refractivity contribution in [1.82, 2.24) is 0 Å². The van der Waals surface area contributed by atoms with Gasteiger partial charge >= 0.3 is 0 Å². The summed E-state index contributed by atoms with van der Waals surface area (Å²) in [5, 5.41) is 42.1. The molecule has 6 nitrogen and oxygen atoms in total. The van der Waals surface area contributed by atoms with Gasteiger partial charge in [0.05, 0.1) is 9.79 Å². The van der Waals surface area contributed by atoms with E-state index in [1.54, 1.807) is 6.07 Å². The van der Waals surface area contributed by atoms with Crippen LogP contribution in [-0.4, -0.2) is 28.8 Å². The van der Waals surface area contributed by atoms with Gasteiger partial charge < -0.3 is 20.4 Å². The van der Waals surface area contributed by atoms with Crippen LogP contribution in [0.2, 0.25) is 10.0 Å². The van der Waals surface area contributed by atoms with Crippen LogP contribution >= 0.6 is 66.8 Å². The monoisotopic (exact) mass is 690 g/mol. The van der Waals surface area contributed by atoms with Gasteiger partial charge in [0.1, 0.15) is 32.8 Å². The number of sulfone groups is 1. The van der Waals surface area contributed by atoms with Gasteiger partial charge in [-0.15, -0.1) is 0 Å². The predicted octanol–water partition coefficient (Wildman–Crippen LogP) is 7.99. The summed E-state index contributed by atoms with van der Waals surface area (Å²) in [5.74, 6) is -1.24. The molecule has 0 aliphatic carbocycles. The van der Waals surface area contributed by atoms with Gasteiger partial charge in [0, 0.05) is 30.1 Å². The average Bonchev–Trinajstić information content (AvgIpc) is 2.81. The number of phenols is 4. The first-order chi connectivity index (χ1) is 16.9. The predicted molar refractivity (Wildman–Crippen MR) is 146 cm³/mol. The molecule has 0 spiro atoms. The second-order valence-electron chi connectivity index (χ2n) is 7.43. The lowest BCUT2D eigenvalue weighted by atomic mass is 10.0. The molecule has 4 aromatic carbocycles. The highest BCUT2D eigenvalue weighted by molar-refractivity contribution is 9.10. The summed E-state index contributed by atoms with van der Waals surface area (Å²) in [6.45, 7) is 0. The number of halogens is 4. The number of aromatic hydroxyl groups is 4. The van der Waals surface area contributed by atoms with Gasteiger partial charge in [0.2, 0.25) is 9.84 Å². The van der Waals surface area contributed by atoms with Crippen molar-refractivity contribution in [2.45, 2.75) is 19.6 Å². The van der Waals surface area contributed by atoms with Crippen LogP contribution in [0, 0.1) is 0 Å². The molecule has 0 aliphatic rings. The van der Waals surface area contributed by atoms with Crippen LogP contribution < -0.4 is 0 Å². The fourth-order valence-electron chi connectivity index (χ4n) is 3.31. The van der Waals surface area contributed by atoms with E-state index in [1.807, 2.05) is 0 Å². The van der Waals surface area contributed by atoms with Crippen molar-refractivity contribution in [2.24, 2.45) is 0 Å². The molecule has 0 saturated heterocycles. The molecule has 12 heteroatoms. The molecule has 186 valence electrons. The molecule has 0 radical (unpaired) electrons. The molecule has 0 amide bonds. The second-order valence-corrected chi connectivity index (χ2v) is 13.0. The van der Waals surface area contributed by atoms with Gasteiger partial charge in [0.25, 0.3) is 0 Å². The molecule has 0 aromatic heterocycles. The molecular formula is C24H14Br2Cl2O6S2. The molecule has 0 aliphatic heterocycles. The summed E-state index contributed by atoms with van der Waals surface area (Å²) in [5.41, 5.74) is 0.623. The molecule has 4 aromatic rings. The zero-order valence-electron chi connectivity index (χ0n) is 17.7. The normalized spacial score (nSPS) is 11.6. The zero-order chi connectivity index (χ0) is 26.4. The van der Waals surface area contributed by atoms with Gasteiger partial charge in [-0.1, -0.05) is 66.8 Å². The molecule has 4 N–H and O–H groups in total. The van der Waals surface area contributed by atoms with E-state index in [1.165, 1.54) is 54.6 Å². The summed E-state index contributed by atoms with van der Waals surface area (Å²) in [6.07, 6.45) is 0. The summed E-state index contributed by atoms with van der Waals surface area (Å²) in [6, 6.07) is 13.7. The molecular weight excluding hydrogens is 679 g/mol. The number of hydrogen-bond acceptors (Lipinski definition) is 7. The van der Waals surface area contributed by atoms with Crippen LogP contribution in [-0.2, 0) is 9.84 Å². The number of hydrogen-bond donors (Lipinski definition) is 4. The van der Waals surface area contributed by atoms with Crippen LogP contribution in [0.25, 0.3) is 11.1 Å².